The third-order valence-corrected chi connectivity index (χ3v) is 3.25. The monoisotopic (exact) mass is 250 g/mol. The van der Waals surface area contributed by atoms with Crippen LogP contribution in [0.3, 0.4) is 0 Å². The van der Waals surface area contributed by atoms with Gasteiger partial charge in [-0.15, -0.1) is 0 Å². The first kappa shape index (κ1) is 11.5. The summed E-state index contributed by atoms with van der Waals surface area (Å²) >= 11 is 1.14. The van der Waals surface area contributed by atoms with Gasteiger partial charge < -0.3 is 5.11 Å². The van der Waals surface area contributed by atoms with Gasteiger partial charge in [-0.3, -0.25) is 14.3 Å². The summed E-state index contributed by atoms with van der Waals surface area (Å²) in [7, 11) is 0. The lowest BCUT2D eigenvalue weighted by atomic mass is 10.2. The summed E-state index contributed by atoms with van der Waals surface area (Å²) in [5, 5.41) is 10.5. The molecule has 0 radical (unpaired) electrons. The molecule has 2 heterocycles. The first-order valence-corrected chi connectivity index (χ1v) is 5.79. The number of aromatic carboxylic acids is 1. The molecule has 0 saturated carbocycles. The van der Waals surface area contributed by atoms with E-state index in [-0.39, 0.29) is 10.4 Å². The highest BCUT2D eigenvalue weighted by atomic mass is 32.1. The molecule has 88 valence electrons. The molecule has 5 nitrogen and oxygen atoms in total. The largest absolute Gasteiger partial charge is 0.478 e. The van der Waals surface area contributed by atoms with E-state index >= 15 is 0 Å². The van der Waals surface area contributed by atoms with Crippen molar-refractivity contribution in [2.24, 2.45) is 0 Å². The summed E-state index contributed by atoms with van der Waals surface area (Å²) in [5.74, 6) is -1.01. The first-order valence-electron chi connectivity index (χ1n) is 4.91. The number of aromatic nitrogens is 2. The Bertz CT molecular complexity index is 598. The Hall–Kier alpha value is -1.95. The van der Waals surface area contributed by atoms with Crippen molar-refractivity contribution in [3.63, 3.8) is 0 Å². The van der Waals surface area contributed by atoms with Crippen LogP contribution in [0.4, 0.5) is 0 Å². The van der Waals surface area contributed by atoms with E-state index in [0.717, 1.165) is 17.0 Å². The zero-order valence-corrected chi connectivity index (χ0v) is 9.90. The smallest absolute Gasteiger partial charge is 0.337 e. The maximum atomic E-state index is 11.5. The lowest BCUT2D eigenvalue weighted by Crippen LogP contribution is -2.16. The Labute approximate surface area is 101 Å². The predicted molar refractivity (Wildman–Crippen MR) is 63.6 cm³/mol. The summed E-state index contributed by atoms with van der Waals surface area (Å²) in [5.41, 5.74) is 1.69. The Morgan fingerprint density at radius 2 is 2.29 bits per heavy atom. The average Bonchev–Trinajstić information content (AvgIpc) is 2.61. The number of thiazole rings is 1. The molecular formula is C11H10N2O3S. The number of hydrogen-bond acceptors (Lipinski definition) is 4. The summed E-state index contributed by atoms with van der Waals surface area (Å²) in [6, 6.07) is 3.10. The second kappa shape index (κ2) is 4.50. The minimum absolute atomic E-state index is 0.0355. The number of nitrogens with zero attached hydrogens (tertiary/aromatic N) is 2. The Kier molecular flexibility index (Phi) is 3.06. The van der Waals surface area contributed by atoms with Crippen LogP contribution in [0.15, 0.2) is 28.5 Å². The van der Waals surface area contributed by atoms with Crippen LogP contribution < -0.4 is 4.87 Å². The molecule has 2 aromatic heterocycles. The molecule has 0 saturated heterocycles. The minimum atomic E-state index is -1.01. The molecule has 2 rings (SSSR count). The van der Waals surface area contributed by atoms with Gasteiger partial charge in [0.05, 0.1) is 17.8 Å². The van der Waals surface area contributed by atoms with Gasteiger partial charge in [-0.2, -0.15) is 0 Å². The van der Waals surface area contributed by atoms with E-state index in [4.69, 9.17) is 5.11 Å². The highest BCUT2D eigenvalue weighted by Gasteiger charge is 2.06. The van der Waals surface area contributed by atoms with Crippen molar-refractivity contribution in [1.82, 2.24) is 9.55 Å². The van der Waals surface area contributed by atoms with Crippen molar-refractivity contribution in [1.29, 1.82) is 0 Å². The highest BCUT2D eigenvalue weighted by molar-refractivity contribution is 7.07. The average molecular weight is 250 g/mol. The Balaban J connectivity index is 2.25. The van der Waals surface area contributed by atoms with Crippen molar-refractivity contribution < 1.29 is 9.90 Å². The topological polar surface area (TPSA) is 72.2 Å². The fourth-order valence-electron chi connectivity index (χ4n) is 1.40. The van der Waals surface area contributed by atoms with Crippen LogP contribution in [-0.2, 0) is 6.54 Å². The number of carboxylic acid groups (broad SMARTS) is 1. The number of aryl methyl sites for hydroxylation is 1. The van der Waals surface area contributed by atoms with Gasteiger partial charge in [0.1, 0.15) is 0 Å². The second-order valence-electron chi connectivity index (χ2n) is 3.57. The van der Waals surface area contributed by atoms with Crippen LogP contribution in [0.5, 0.6) is 0 Å². The molecule has 0 aliphatic rings. The zero-order valence-electron chi connectivity index (χ0n) is 9.08. The van der Waals surface area contributed by atoms with Crippen molar-refractivity contribution in [3.05, 3.63) is 50.3 Å². The van der Waals surface area contributed by atoms with Gasteiger partial charge in [-0.1, -0.05) is 11.3 Å². The van der Waals surface area contributed by atoms with Crippen LogP contribution >= 0.6 is 11.3 Å². The standard InChI is InChI=1S/C11H10N2O3S/c1-7-6-17-11(16)13(7)5-9-3-2-8(4-12-9)10(14)15/h2-4,6H,5H2,1H3,(H,14,15). The van der Waals surface area contributed by atoms with E-state index in [1.807, 2.05) is 6.92 Å². The molecule has 0 atom stereocenters. The summed E-state index contributed by atoms with van der Waals surface area (Å²) in [6.07, 6.45) is 1.30. The van der Waals surface area contributed by atoms with Gasteiger partial charge in [0, 0.05) is 17.3 Å². The van der Waals surface area contributed by atoms with Gasteiger partial charge in [0.2, 0.25) is 0 Å². The molecular weight excluding hydrogens is 240 g/mol. The van der Waals surface area contributed by atoms with Crippen molar-refractivity contribution >= 4 is 17.3 Å². The van der Waals surface area contributed by atoms with Crippen molar-refractivity contribution in [2.75, 3.05) is 0 Å². The van der Waals surface area contributed by atoms with Gasteiger partial charge in [0.25, 0.3) is 0 Å². The molecule has 0 bridgehead atoms. The Morgan fingerprint density at radius 1 is 1.53 bits per heavy atom. The van der Waals surface area contributed by atoms with Crippen LogP contribution in [-0.4, -0.2) is 20.6 Å². The molecule has 6 heteroatoms. The molecule has 1 N–H and O–H groups in total. The van der Waals surface area contributed by atoms with Crippen LogP contribution in [0.2, 0.25) is 0 Å². The molecule has 2 aromatic rings. The molecule has 0 aliphatic heterocycles. The molecule has 0 spiro atoms. The molecule has 17 heavy (non-hydrogen) atoms. The highest BCUT2D eigenvalue weighted by Crippen LogP contribution is 2.05. The van der Waals surface area contributed by atoms with Gasteiger partial charge >= 0.3 is 10.8 Å². The van der Waals surface area contributed by atoms with Gasteiger partial charge in [-0.25, -0.2) is 4.79 Å². The minimum Gasteiger partial charge on any atom is -0.478 e. The van der Waals surface area contributed by atoms with E-state index in [1.54, 1.807) is 16.0 Å². The molecule has 0 aromatic carbocycles. The van der Waals surface area contributed by atoms with E-state index in [9.17, 15) is 9.59 Å². The third kappa shape index (κ3) is 2.42. The lowest BCUT2D eigenvalue weighted by molar-refractivity contribution is 0.0696. The number of pyridine rings is 1. The number of hydrogen-bond donors (Lipinski definition) is 1. The fraction of sp³-hybridized carbons (Fsp3) is 0.182. The number of rotatable bonds is 3. The predicted octanol–water partition coefficient (Wildman–Crippen LogP) is 1.36. The van der Waals surface area contributed by atoms with E-state index in [2.05, 4.69) is 4.98 Å². The number of carboxylic acids is 1. The summed E-state index contributed by atoms with van der Waals surface area (Å²) < 4.78 is 1.60. The zero-order chi connectivity index (χ0) is 12.4. The quantitative estimate of drug-likeness (QED) is 0.892. The lowest BCUT2D eigenvalue weighted by Gasteiger charge is -2.03. The Morgan fingerprint density at radius 3 is 2.76 bits per heavy atom. The van der Waals surface area contributed by atoms with E-state index in [1.165, 1.54) is 12.3 Å². The second-order valence-corrected chi connectivity index (χ2v) is 4.39. The van der Waals surface area contributed by atoms with E-state index in [0.29, 0.717) is 12.2 Å². The fourth-order valence-corrected chi connectivity index (χ4v) is 2.14. The van der Waals surface area contributed by atoms with E-state index < -0.39 is 5.97 Å². The summed E-state index contributed by atoms with van der Waals surface area (Å²) in [4.78, 5) is 26.1. The normalized spacial score (nSPS) is 10.4. The van der Waals surface area contributed by atoms with Crippen LogP contribution in [0.1, 0.15) is 21.7 Å². The number of carbonyl (C=O) groups is 1. The van der Waals surface area contributed by atoms with Gasteiger partial charge in [0.15, 0.2) is 0 Å². The maximum Gasteiger partial charge on any atom is 0.337 e. The van der Waals surface area contributed by atoms with Crippen molar-refractivity contribution in [2.45, 2.75) is 13.5 Å². The molecule has 0 aliphatic carbocycles. The first-order chi connectivity index (χ1) is 8.08. The molecule has 0 amide bonds. The van der Waals surface area contributed by atoms with Crippen molar-refractivity contribution in [3.8, 4) is 0 Å². The molecule has 0 unspecified atom stereocenters. The van der Waals surface area contributed by atoms with Crippen LogP contribution in [0, 0.1) is 6.92 Å². The SMILES string of the molecule is Cc1csc(=O)n1Cc1ccc(C(=O)O)cn1. The third-order valence-electron chi connectivity index (χ3n) is 2.37. The maximum absolute atomic E-state index is 11.5. The van der Waals surface area contributed by atoms with Crippen LogP contribution in [0.25, 0.3) is 0 Å². The van der Waals surface area contributed by atoms with Gasteiger partial charge in [-0.05, 0) is 19.1 Å². The summed E-state index contributed by atoms with van der Waals surface area (Å²) in [6.45, 7) is 2.22. The molecule has 0 fully saturated rings.